The van der Waals surface area contributed by atoms with Crippen LogP contribution in [-0.2, 0) is 14.8 Å². The van der Waals surface area contributed by atoms with Crippen molar-refractivity contribution >= 4 is 15.9 Å². The van der Waals surface area contributed by atoms with E-state index in [1.54, 1.807) is 11.8 Å². The Morgan fingerprint density at radius 3 is 2.72 bits per heavy atom. The van der Waals surface area contributed by atoms with Gasteiger partial charge < -0.3 is 4.90 Å². The number of likely N-dealkylation sites (tertiary alicyclic amines) is 1. The normalized spacial score (nSPS) is 17.9. The summed E-state index contributed by atoms with van der Waals surface area (Å²) < 4.78 is 26.1. The van der Waals surface area contributed by atoms with Crippen LogP contribution in [0.3, 0.4) is 0 Å². The summed E-state index contributed by atoms with van der Waals surface area (Å²) in [4.78, 5) is 13.7. The van der Waals surface area contributed by atoms with E-state index in [1.165, 1.54) is 12.4 Å². The van der Waals surface area contributed by atoms with E-state index in [1.807, 2.05) is 0 Å². The van der Waals surface area contributed by atoms with Crippen LogP contribution in [0, 0.1) is 0 Å². The summed E-state index contributed by atoms with van der Waals surface area (Å²) in [5, 5.41) is 6.01. The first kappa shape index (κ1) is 13.0. The van der Waals surface area contributed by atoms with Crippen LogP contribution in [0.1, 0.15) is 19.8 Å². The number of sulfonamides is 1. The molecule has 0 aliphatic carbocycles. The fourth-order valence-electron chi connectivity index (χ4n) is 1.95. The summed E-state index contributed by atoms with van der Waals surface area (Å²) in [6.07, 6.45) is 4.44. The van der Waals surface area contributed by atoms with Crippen LogP contribution in [0.25, 0.3) is 0 Å². The summed E-state index contributed by atoms with van der Waals surface area (Å²) in [5.74, 6) is -0.181. The minimum atomic E-state index is -3.68. The molecule has 7 nitrogen and oxygen atoms in total. The van der Waals surface area contributed by atoms with Crippen LogP contribution in [0.2, 0.25) is 0 Å². The molecule has 8 heteroatoms. The van der Waals surface area contributed by atoms with Gasteiger partial charge in [-0.3, -0.25) is 9.89 Å². The lowest BCUT2D eigenvalue weighted by molar-refractivity contribution is -0.131. The molecule has 0 aromatic carbocycles. The van der Waals surface area contributed by atoms with Crippen molar-refractivity contribution < 1.29 is 13.2 Å². The van der Waals surface area contributed by atoms with Crippen molar-refractivity contribution in [3.63, 3.8) is 0 Å². The van der Waals surface area contributed by atoms with E-state index in [4.69, 9.17) is 0 Å². The zero-order valence-electron chi connectivity index (χ0n) is 10.1. The molecule has 0 spiro atoms. The second-order valence-corrected chi connectivity index (χ2v) is 6.02. The summed E-state index contributed by atoms with van der Waals surface area (Å²) in [6.45, 7) is 2.96. The SMILES string of the molecule is CC(NS(=O)(=O)c1cn[nH]c1)C(=O)N1CCCC1. The van der Waals surface area contributed by atoms with Gasteiger partial charge in [-0.1, -0.05) is 0 Å². The molecule has 1 atom stereocenters. The zero-order valence-corrected chi connectivity index (χ0v) is 10.9. The highest BCUT2D eigenvalue weighted by atomic mass is 32.2. The van der Waals surface area contributed by atoms with Gasteiger partial charge in [0.1, 0.15) is 4.90 Å². The highest BCUT2D eigenvalue weighted by Gasteiger charge is 2.27. The minimum Gasteiger partial charge on any atom is -0.341 e. The Morgan fingerprint density at radius 2 is 2.17 bits per heavy atom. The maximum absolute atomic E-state index is 12.0. The zero-order chi connectivity index (χ0) is 13.2. The molecule has 0 radical (unpaired) electrons. The van der Waals surface area contributed by atoms with Crippen LogP contribution >= 0.6 is 0 Å². The number of H-pyrrole nitrogens is 1. The largest absolute Gasteiger partial charge is 0.341 e. The molecule has 2 rings (SSSR count). The molecule has 2 N–H and O–H groups in total. The van der Waals surface area contributed by atoms with Gasteiger partial charge >= 0.3 is 0 Å². The van der Waals surface area contributed by atoms with Crippen LogP contribution in [0.4, 0.5) is 0 Å². The molecule has 1 unspecified atom stereocenters. The standard InChI is InChI=1S/C10H16N4O3S/c1-8(10(15)14-4-2-3-5-14)13-18(16,17)9-6-11-12-7-9/h6-8,13H,2-5H2,1H3,(H,11,12). The average Bonchev–Trinajstić information content (AvgIpc) is 3.00. The number of carbonyl (C=O) groups is 1. The number of nitrogens with one attached hydrogen (secondary N) is 2. The van der Waals surface area contributed by atoms with Crippen LogP contribution in [-0.4, -0.2) is 48.6 Å². The fourth-order valence-corrected chi connectivity index (χ4v) is 3.05. The quantitative estimate of drug-likeness (QED) is 0.786. The second kappa shape index (κ2) is 5.07. The van der Waals surface area contributed by atoms with Gasteiger partial charge in [-0.05, 0) is 19.8 Å². The molecule has 1 saturated heterocycles. The molecule has 0 bridgehead atoms. The first-order valence-electron chi connectivity index (χ1n) is 5.80. The first-order chi connectivity index (χ1) is 8.50. The molecule has 1 aromatic rings. The summed E-state index contributed by atoms with van der Waals surface area (Å²) in [6, 6.07) is -0.761. The summed E-state index contributed by atoms with van der Waals surface area (Å²) in [7, 11) is -3.68. The molecule has 2 heterocycles. The lowest BCUT2D eigenvalue weighted by Gasteiger charge is -2.20. The van der Waals surface area contributed by atoms with E-state index >= 15 is 0 Å². The van der Waals surface area contributed by atoms with Gasteiger partial charge in [0.2, 0.25) is 15.9 Å². The number of amides is 1. The van der Waals surface area contributed by atoms with Crippen molar-refractivity contribution in [2.75, 3.05) is 13.1 Å². The van der Waals surface area contributed by atoms with Gasteiger partial charge in [-0.25, -0.2) is 8.42 Å². The van der Waals surface area contributed by atoms with Gasteiger partial charge in [0, 0.05) is 19.3 Å². The first-order valence-corrected chi connectivity index (χ1v) is 7.29. The molecule has 1 fully saturated rings. The third-order valence-electron chi connectivity index (χ3n) is 2.90. The van der Waals surface area contributed by atoms with Crippen LogP contribution in [0.15, 0.2) is 17.3 Å². The number of hydrogen-bond acceptors (Lipinski definition) is 4. The molecule has 100 valence electrons. The molecule has 1 amide bonds. The van der Waals surface area contributed by atoms with Crippen molar-refractivity contribution in [3.05, 3.63) is 12.4 Å². The third kappa shape index (κ3) is 2.70. The van der Waals surface area contributed by atoms with Gasteiger partial charge in [-0.15, -0.1) is 0 Å². The molecule has 0 saturated carbocycles. The Labute approximate surface area is 106 Å². The van der Waals surface area contributed by atoms with Crippen molar-refractivity contribution in [3.8, 4) is 0 Å². The maximum Gasteiger partial charge on any atom is 0.244 e. The highest BCUT2D eigenvalue weighted by molar-refractivity contribution is 7.89. The summed E-state index contributed by atoms with van der Waals surface area (Å²) >= 11 is 0. The van der Waals surface area contributed by atoms with Crippen LogP contribution in [0.5, 0.6) is 0 Å². The van der Waals surface area contributed by atoms with Crippen molar-refractivity contribution in [1.82, 2.24) is 19.8 Å². The number of nitrogens with zero attached hydrogens (tertiary/aromatic N) is 2. The molecule has 1 aromatic heterocycles. The predicted molar refractivity (Wildman–Crippen MR) is 64.2 cm³/mol. The number of hydrogen-bond donors (Lipinski definition) is 2. The van der Waals surface area contributed by atoms with E-state index in [9.17, 15) is 13.2 Å². The van der Waals surface area contributed by atoms with Crippen LogP contribution < -0.4 is 4.72 Å². The molecule has 1 aliphatic rings. The van der Waals surface area contributed by atoms with Gasteiger partial charge in [0.25, 0.3) is 0 Å². The summed E-state index contributed by atoms with van der Waals surface area (Å²) in [5.41, 5.74) is 0. The maximum atomic E-state index is 12.0. The van der Waals surface area contributed by atoms with E-state index in [0.717, 1.165) is 12.8 Å². The Kier molecular flexibility index (Phi) is 3.67. The predicted octanol–water partition coefficient (Wildman–Crippen LogP) is -0.301. The van der Waals surface area contributed by atoms with Crippen molar-refractivity contribution in [1.29, 1.82) is 0 Å². The van der Waals surface area contributed by atoms with Gasteiger partial charge in [0.05, 0.1) is 12.2 Å². The lowest BCUT2D eigenvalue weighted by atomic mass is 10.3. The fraction of sp³-hybridized carbons (Fsp3) is 0.600. The van der Waals surface area contributed by atoms with Gasteiger partial charge in [0.15, 0.2) is 0 Å². The van der Waals surface area contributed by atoms with E-state index in [2.05, 4.69) is 14.9 Å². The Hall–Kier alpha value is -1.41. The third-order valence-corrected chi connectivity index (χ3v) is 4.41. The minimum absolute atomic E-state index is 0.0311. The molecular weight excluding hydrogens is 256 g/mol. The molecular formula is C10H16N4O3S. The van der Waals surface area contributed by atoms with E-state index in [0.29, 0.717) is 13.1 Å². The number of rotatable bonds is 4. The van der Waals surface area contributed by atoms with Crippen molar-refractivity contribution in [2.45, 2.75) is 30.7 Å². The number of aromatic nitrogens is 2. The van der Waals surface area contributed by atoms with E-state index in [-0.39, 0.29) is 10.8 Å². The number of aromatic amines is 1. The monoisotopic (exact) mass is 272 g/mol. The smallest absolute Gasteiger partial charge is 0.244 e. The lowest BCUT2D eigenvalue weighted by Crippen LogP contribution is -2.45. The number of carbonyl (C=O) groups excluding carboxylic acids is 1. The second-order valence-electron chi connectivity index (χ2n) is 4.31. The van der Waals surface area contributed by atoms with Gasteiger partial charge in [-0.2, -0.15) is 9.82 Å². The Bertz CT molecular complexity index is 505. The Balaban J connectivity index is 2.02. The highest BCUT2D eigenvalue weighted by Crippen LogP contribution is 2.11. The topological polar surface area (TPSA) is 95.2 Å². The van der Waals surface area contributed by atoms with Crippen molar-refractivity contribution in [2.24, 2.45) is 0 Å². The van der Waals surface area contributed by atoms with E-state index < -0.39 is 16.1 Å². The average molecular weight is 272 g/mol. The molecule has 1 aliphatic heterocycles. The molecule has 18 heavy (non-hydrogen) atoms. The Morgan fingerprint density at radius 1 is 1.50 bits per heavy atom.